The summed E-state index contributed by atoms with van der Waals surface area (Å²) < 4.78 is 5.65. The molecule has 1 amide bonds. The lowest BCUT2D eigenvalue weighted by molar-refractivity contribution is 0.0691. The highest BCUT2D eigenvalue weighted by Crippen LogP contribution is 2.18. The first-order chi connectivity index (χ1) is 13.6. The Morgan fingerprint density at radius 3 is 2.43 bits per heavy atom. The number of carbonyl (C=O) groups excluding carboxylic acids is 1. The van der Waals surface area contributed by atoms with Gasteiger partial charge in [0.05, 0.1) is 6.61 Å². The normalized spacial score (nSPS) is 15.1. The molecule has 2 aromatic rings. The van der Waals surface area contributed by atoms with Crippen LogP contribution < -0.4 is 10.1 Å². The lowest BCUT2D eigenvalue weighted by Gasteiger charge is -2.32. The Hall–Kier alpha value is -2.86. The molecule has 1 aliphatic rings. The Labute approximate surface area is 165 Å². The van der Waals surface area contributed by atoms with Crippen molar-refractivity contribution in [3.05, 3.63) is 65.7 Å². The first kappa shape index (κ1) is 19.9. The molecule has 6 nitrogen and oxygen atoms in total. The molecule has 0 atom stereocenters. The summed E-state index contributed by atoms with van der Waals surface area (Å²) in [6.07, 6.45) is 2.69. The van der Waals surface area contributed by atoms with Crippen LogP contribution in [0.15, 0.2) is 54.6 Å². The van der Waals surface area contributed by atoms with E-state index in [1.165, 1.54) is 0 Å². The Bertz CT molecular complexity index is 786. The Morgan fingerprint density at radius 1 is 1.04 bits per heavy atom. The van der Waals surface area contributed by atoms with Crippen molar-refractivity contribution in [1.82, 2.24) is 10.2 Å². The van der Waals surface area contributed by atoms with E-state index in [2.05, 4.69) is 10.2 Å². The quantitative estimate of drug-likeness (QED) is 0.686. The van der Waals surface area contributed by atoms with Crippen LogP contribution in [0.25, 0.3) is 0 Å². The van der Waals surface area contributed by atoms with Crippen LogP contribution in [0.3, 0.4) is 0 Å². The zero-order chi connectivity index (χ0) is 19.8. The number of hydrogen-bond acceptors (Lipinski definition) is 4. The number of hydrogen-bond donors (Lipinski definition) is 2. The summed E-state index contributed by atoms with van der Waals surface area (Å²) >= 11 is 0. The third-order valence-corrected chi connectivity index (χ3v) is 4.95. The largest absolute Gasteiger partial charge is 0.493 e. The van der Waals surface area contributed by atoms with Crippen LogP contribution in [-0.2, 0) is 0 Å². The molecule has 1 heterocycles. The van der Waals surface area contributed by atoms with Crippen molar-refractivity contribution in [3.8, 4) is 5.75 Å². The third-order valence-electron chi connectivity index (χ3n) is 4.95. The number of ether oxygens (including phenoxy) is 1. The molecular formula is C22H26N2O4. The van der Waals surface area contributed by atoms with Gasteiger partial charge in [-0.3, -0.25) is 4.79 Å². The minimum atomic E-state index is -0.977. The average molecular weight is 382 g/mol. The highest BCUT2D eigenvalue weighted by atomic mass is 16.5. The van der Waals surface area contributed by atoms with Crippen molar-refractivity contribution in [2.24, 2.45) is 0 Å². The predicted octanol–water partition coefficient (Wildman–Crippen LogP) is 3.05. The minimum Gasteiger partial charge on any atom is -0.493 e. The number of carbonyl (C=O) groups is 2. The number of nitrogens with one attached hydrogen (secondary N) is 1. The van der Waals surface area contributed by atoms with Crippen LogP contribution >= 0.6 is 0 Å². The first-order valence-electron chi connectivity index (χ1n) is 9.67. The van der Waals surface area contributed by atoms with Gasteiger partial charge in [-0.1, -0.05) is 30.3 Å². The standard InChI is InChI=1S/C22H26N2O4/c25-21(17-7-2-1-3-8-17)23-18-11-14-24(15-12-18)13-6-16-28-20-10-5-4-9-19(20)22(26)27/h1-5,7-10,18H,6,11-16H2,(H,23,25)(H,26,27). The average Bonchev–Trinajstić information content (AvgIpc) is 2.73. The molecule has 0 spiro atoms. The van der Waals surface area contributed by atoms with Gasteiger partial charge >= 0.3 is 5.97 Å². The Morgan fingerprint density at radius 2 is 1.71 bits per heavy atom. The summed E-state index contributed by atoms with van der Waals surface area (Å²) in [5, 5.41) is 12.3. The summed E-state index contributed by atoms with van der Waals surface area (Å²) in [5.74, 6) is -0.572. The molecule has 0 bridgehead atoms. The van der Waals surface area contributed by atoms with Crippen LogP contribution in [0.2, 0.25) is 0 Å². The van der Waals surface area contributed by atoms with E-state index in [0.717, 1.165) is 38.9 Å². The van der Waals surface area contributed by atoms with E-state index in [9.17, 15) is 9.59 Å². The highest BCUT2D eigenvalue weighted by Gasteiger charge is 2.21. The van der Waals surface area contributed by atoms with E-state index in [-0.39, 0.29) is 17.5 Å². The molecule has 28 heavy (non-hydrogen) atoms. The van der Waals surface area contributed by atoms with Gasteiger partial charge in [0.25, 0.3) is 5.91 Å². The van der Waals surface area contributed by atoms with Crippen molar-refractivity contribution in [1.29, 1.82) is 0 Å². The number of carboxylic acid groups (broad SMARTS) is 1. The van der Waals surface area contributed by atoms with E-state index in [1.54, 1.807) is 24.3 Å². The van der Waals surface area contributed by atoms with Gasteiger partial charge in [-0.2, -0.15) is 0 Å². The number of piperidine rings is 1. The molecule has 2 aromatic carbocycles. The minimum absolute atomic E-state index is 0.00968. The van der Waals surface area contributed by atoms with Crippen LogP contribution in [0.4, 0.5) is 0 Å². The third kappa shape index (κ3) is 5.57. The summed E-state index contributed by atoms with van der Waals surface area (Å²) in [7, 11) is 0. The molecule has 0 unspecified atom stereocenters. The fourth-order valence-corrected chi connectivity index (χ4v) is 3.40. The van der Waals surface area contributed by atoms with Crippen LogP contribution in [0.1, 0.15) is 40.0 Å². The molecule has 1 aliphatic heterocycles. The second kappa shape index (κ2) is 9.90. The monoisotopic (exact) mass is 382 g/mol. The Kier molecular flexibility index (Phi) is 7.03. The number of rotatable bonds is 8. The van der Waals surface area contributed by atoms with Gasteiger partial charge in [-0.25, -0.2) is 4.79 Å². The van der Waals surface area contributed by atoms with Gasteiger partial charge in [-0.15, -0.1) is 0 Å². The van der Waals surface area contributed by atoms with Crippen molar-refractivity contribution in [2.75, 3.05) is 26.2 Å². The molecular weight excluding hydrogens is 356 g/mol. The molecule has 0 saturated carbocycles. The smallest absolute Gasteiger partial charge is 0.339 e. The molecule has 3 rings (SSSR count). The van der Waals surface area contributed by atoms with Gasteiger partial charge in [-0.05, 0) is 43.5 Å². The van der Waals surface area contributed by atoms with E-state index in [4.69, 9.17) is 9.84 Å². The predicted molar refractivity (Wildman–Crippen MR) is 107 cm³/mol. The number of amides is 1. The molecule has 6 heteroatoms. The van der Waals surface area contributed by atoms with Crippen molar-refractivity contribution in [3.63, 3.8) is 0 Å². The molecule has 1 fully saturated rings. The molecule has 148 valence electrons. The number of carboxylic acids is 1. The molecule has 1 saturated heterocycles. The van der Waals surface area contributed by atoms with Gasteiger partial charge in [0, 0.05) is 31.2 Å². The van der Waals surface area contributed by atoms with Crippen LogP contribution in [0, 0.1) is 0 Å². The van der Waals surface area contributed by atoms with E-state index in [0.29, 0.717) is 17.9 Å². The number of nitrogens with zero attached hydrogens (tertiary/aromatic N) is 1. The maximum atomic E-state index is 12.2. The maximum absolute atomic E-state index is 12.2. The van der Waals surface area contributed by atoms with Crippen molar-refractivity contribution < 1.29 is 19.4 Å². The zero-order valence-corrected chi connectivity index (χ0v) is 15.8. The summed E-state index contributed by atoms with van der Waals surface area (Å²) in [6, 6.07) is 16.2. The van der Waals surface area contributed by atoms with Crippen LogP contribution in [-0.4, -0.2) is 54.2 Å². The molecule has 0 aromatic heterocycles. The van der Waals surface area contributed by atoms with Crippen LogP contribution in [0.5, 0.6) is 5.75 Å². The van der Waals surface area contributed by atoms with E-state index < -0.39 is 5.97 Å². The summed E-state index contributed by atoms with van der Waals surface area (Å²) in [4.78, 5) is 25.8. The summed E-state index contributed by atoms with van der Waals surface area (Å²) in [6.45, 7) is 3.25. The maximum Gasteiger partial charge on any atom is 0.339 e. The van der Waals surface area contributed by atoms with Gasteiger partial charge < -0.3 is 20.1 Å². The summed E-state index contributed by atoms with van der Waals surface area (Å²) in [5.41, 5.74) is 0.890. The topological polar surface area (TPSA) is 78.9 Å². The van der Waals surface area contributed by atoms with Crippen molar-refractivity contribution >= 4 is 11.9 Å². The fraction of sp³-hybridized carbons (Fsp3) is 0.364. The lowest BCUT2D eigenvalue weighted by atomic mass is 10.0. The Balaban J connectivity index is 1.35. The van der Waals surface area contributed by atoms with Gasteiger partial charge in [0.1, 0.15) is 11.3 Å². The second-order valence-electron chi connectivity index (χ2n) is 6.96. The van der Waals surface area contributed by atoms with E-state index in [1.807, 2.05) is 30.3 Å². The van der Waals surface area contributed by atoms with E-state index >= 15 is 0 Å². The number of benzene rings is 2. The SMILES string of the molecule is O=C(NC1CCN(CCCOc2ccccc2C(=O)O)CC1)c1ccccc1. The molecule has 0 radical (unpaired) electrons. The first-order valence-corrected chi connectivity index (χ1v) is 9.67. The van der Waals surface area contributed by atoms with Gasteiger partial charge in [0.2, 0.25) is 0 Å². The number of para-hydroxylation sites is 1. The number of aromatic carboxylic acids is 1. The van der Waals surface area contributed by atoms with Crippen molar-refractivity contribution in [2.45, 2.75) is 25.3 Å². The fourth-order valence-electron chi connectivity index (χ4n) is 3.40. The highest BCUT2D eigenvalue weighted by molar-refractivity contribution is 5.94. The van der Waals surface area contributed by atoms with Gasteiger partial charge in [0.15, 0.2) is 0 Å². The molecule has 2 N–H and O–H groups in total. The second-order valence-corrected chi connectivity index (χ2v) is 6.96. The number of likely N-dealkylation sites (tertiary alicyclic amines) is 1. The molecule has 0 aliphatic carbocycles. The zero-order valence-electron chi connectivity index (χ0n) is 15.8. The lowest BCUT2D eigenvalue weighted by Crippen LogP contribution is -2.45.